The number of halogens is 1. The van der Waals surface area contributed by atoms with Crippen LogP contribution in [0, 0.1) is 0 Å². The second-order valence-corrected chi connectivity index (χ2v) is 4.28. The van der Waals surface area contributed by atoms with Gasteiger partial charge in [-0.25, -0.2) is 0 Å². The fourth-order valence-corrected chi connectivity index (χ4v) is 2.23. The third-order valence-corrected chi connectivity index (χ3v) is 3.26. The summed E-state index contributed by atoms with van der Waals surface area (Å²) in [5, 5.41) is 0. The van der Waals surface area contributed by atoms with Crippen molar-refractivity contribution < 1.29 is 14.2 Å². The molecule has 0 N–H and O–H groups in total. The van der Waals surface area contributed by atoms with Crippen molar-refractivity contribution >= 4 is 11.6 Å². The molecule has 3 unspecified atom stereocenters. The Morgan fingerprint density at radius 2 is 2.29 bits per heavy atom. The van der Waals surface area contributed by atoms with E-state index in [4.69, 9.17) is 25.8 Å². The molecule has 0 amide bonds. The van der Waals surface area contributed by atoms with Crippen LogP contribution in [0.5, 0.6) is 0 Å². The van der Waals surface area contributed by atoms with Gasteiger partial charge in [0.1, 0.15) is 0 Å². The molecule has 0 aliphatic carbocycles. The van der Waals surface area contributed by atoms with E-state index < -0.39 is 5.79 Å². The van der Waals surface area contributed by atoms with E-state index in [9.17, 15) is 0 Å². The molecule has 2 saturated heterocycles. The van der Waals surface area contributed by atoms with Crippen molar-refractivity contribution in [1.29, 1.82) is 0 Å². The van der Waals surface area contributed by atoms with E-state index in [0.717, 1.165) is 25.9 Å². The SMILES string of the molecule is CCC1CC2(CCO1)OCC(CCl)O2. The lowest BCUT2D eigenvalue weighted by Gasteiger charge is -2.36. The van der Waals surface area contributed by atoms with Gasteiger partial charge in [0.05, 0.1) is 31.3 Å². The van der Waals surface area contributed by atoms with Gasteiger partial charge in [-0.05, 0) is 6.42 Å². The van der Waals surface area contributed by atoms with Crippen molar-refractivity contribution in [3.05, 3.63) is 0 Å². The quantitative estimate of drug-likeness (QED) is 0.666. The molecule has 14 heavy (non-hydrogen) atoms. The van der Waals surface area contributed by atoms with E-state index >= 15 is 0 Å². The Morgan fingerprint density at radius 3 is 2.93 bits per heavy atom. The van der Waals surface area contributed by atoms with Crippen LogP contribution in [0.15, 0.2) is 0 Å². The Balaban J connectivity index is 1.95. The highest BCUT2D eigenvalue weighted by Crippen LogP contribution is 2.36. The van der Waals surface area contributed by atoms with Gasteiger partial charge in [0.2, 0.25) is 0 Å². The van der Waals surface area contributed by atoms with Crippen LogP contribution in [-0.4, -0.2) is 37.1 Å². The van der Waals surface area contributed by atoms with Crippen molar-refractivity contribution in [2.45, 2.75) is 44.2 Å². The van der Waals surface area contributed by atoms with Crippen LogP contribution in [-0.2, 0) is 14.2 Å². The first-order valence-electron chi connectivity index (χ1n) is 5.27. The number of ether oxygens (including phenoxy) is 3. The summed E-state index contributed by atoms with van der Waals surface area (Å²) in [6, 6.07) is 0. The minimum absolute atomic E-state index is 0.0623. The lowest BCUT2D eigenvalue weighted by Crippen LogP contribution is -2.42. The average Bonchev–Trinajstić information content (AvgIpc) is 2.61. The minimum Gasteiger partial charge on any atom is -0.378 e. The maximum atomic E-state index is 5.84. The van der Waals surface area contributed by atoms with Crippen molar-refractivity contribution in [2.75, 3.05) is 19.1 Å². The molecule has 0 aromatic heterocycles. The van der Waals surface area contributed by atoms with Gasteiger partial charge in [-0.2, -0.15) is 0 Å². The summed E-state index contributed by atoms with van der Waals surface area (Å²) in [6.45, 7) is 3.48. The van der Waals surface area contributed by atoms with Crippen LogP contribution in [0.3, 0.4) is 0 Å². The Kier molecular flexibility index (Phi) is 3.32. The van der Waals surface area contributed by atoms with Gasteiger partial charge in [0, 0.05) is 12.8 Å². The topological polar surface area (TPSA) is 27.7 Å². The summed E-state index contributed by atoms with van der Waals surface area (Å²) in [5.74, 6) is 0.123. The number of alkyl halides is 1. The molecule has 2 aliphatic heterocycles. The Bertz CT molecular complexity index is 200. The van der Waals surface area contributed by atoms with Crippen molar-refractivity contribution in [3.8, 4) is 0 Å². The summed E-state index contributed by atoms with van der Waals surface area (Å²) >= 11 is 5.74. The normalized spacial score (nSPS) is 43.3. The smallest absolute Gasteiger partial charge is 0.173 e. The second-order valence-electron chi connectivity index (χ2n) is 3.97. The van der Waals surface area contributed by atoms with Gasteiger partial charge < -0.3 is 14.2 Å². The molecule has 2 heterocycles. The largest absolute Gasteiger partial charge is 0.378 e. The van der Waals surface area contributed by atoms with Crippen LogP contribution in [0.2, 0.25) is 0 Å². The molecule has 3 atom stereocenters. The highest BCUT2D eigenvalue weighted by molar-refractivity contribution is 6.18. The molecule has 2 rings (SSSR count). The molecule has 4 heteroatoms. The van der Waals surface area contributed by atoms with Gasteiger partial charge in [-0.1, -0.05) is 6.92 Å². The van der Waals surface area contributed by atoms with Crippen molar-refractivity contribution in [3.63, 3.8) is 0 Å². The first-order chi connectivity index (χ1) is 6.78. The summed E-state index contributed by atoms with van der Waals surface area (Å²) in [5.41, 5.74) is 0. The summed E-state index contributed by atoms with van der Waals surface area (Å²) < 4.78 is 17.2. The van der Waals surface area contributed by atoms with Gasteiger partial charge in [0.25, 0.3) is 0 Å². The summed E-state index contributed by atoms with van der Waals surface area (Å²) in [7, 11) is 0. The van der Waals surface area contributed by atoms with E-state index in [1.807, 2.05) is 0 Å². The molecule has 0 aromatic rings. The zero-order chi connectivity index (χ0) is 10.0. The van der Waals surface area contributed by atoms with Gasteiger partial charge in [-0.15, -0.1) is 11.6 Å². The molecule has 3 nitrogen and oxygen atoms in total. The van der Waals surface area contributed by atoms with Crippen LogP contribution in [0.4, 0.5) is 0 Å². The number of hydrogen-bond donors (Lipinski definition) is 0. The van der Waals surface area contributed by atoms with Crippen molar-refractivity contribution in [2.24, 2.45) is 0 Å². The van der Waals surface area contributed by atoms with Gasteiger partial charge >= 0.3 is 0 Å². The minimum atomic E-state index is -0.390. The van der Waals surface area contributed by atoms with Crippen LogP contribution in [0.25, 0.3) is 0 Å². The first-order valence-corrected chi connectivity index (χ1v) is 5.81. The Morgan fingerprint density at radius 1 is 1.43 bits per heavy atom. The number of rotatable bonds is 2. The van der Waals surface area contributed by atoms with E-state index in [0.29, 0.717) is 12.5 Å². The zero-order valence-corrected chi connectivity index (χ0v) is 9.26. The summed E-state index contributed by atoms with van der Waals surface area (Å²) in [4.78, 5) is 0. The maximum absolute atomic E-state index is 5.84. The fraction of sp³-hybridized carbons (Fsp3) is 1.00. The summed E-state index contributed by atoms with van der Waals surface area (Å²) in [6.07, 6.45) is 3.03. The highest BCUT2D eigenvalue weighted by Gasteiger charge is 2.44. The molecule has 0 bridgehead atoms. The fourth-order valence-electron chi connectivity index (χ4n) is 2.08. The number of hydrogen-bond acceptors (Lipinski definition) is 3. The second kappa shape index (κ2) is 4.35. The monoisotopic (exact) mass is 220 g/mol. The van der Waals surface area contributed by atoms with Crippen LogP contribution in [0.1, 0.15) is 26.2 Å². The Hall–Kier alpha value is 0.170. The molecular formula is C10H17ClO3. The van der Waals surface area contributed by atoms with Crippen LogP contribution < -0.4 is 0 Å². The van der Waals surface area contributed by atoms with Gasteiger partial charge in [0.15, 0.2) is 5.79 Å². The van der Waals surface area contributed by atoms with E-state index in [2.05, 4.69) is 6.92 Å². The average molecular weight is 221 g/mol. The highest BCUT2D eigenvalue weighted by atomic mass is 35.5. The molecule has 2 aliphatic rings. The predicted molar refractivity (Wildman–Crippen MR) is 53.5 cm³/mol. The zero-order valence-electron chi connectivity index (χ0n) is 8.50. The third-order valence-electron chi connectivity index (χ3n) is 2.92. The lowest BCUT2D eigenvalue weighted by molar-refractivity contribution is -0.226. The molecule has 1 spiro atoms. The first kappa shape index (κ1) is 10.7. The van der Waals surface area contributed by atoms with E-state index in [1.165, 1.54) is 0 Å². The molecular weight excluding hydrogens is 204 g/mol. The van der Waals surface area contributed by atoms with E-state index in [1.54, 1.807) is 0 Å². The molecule has 0 aromatic carbocycles. The molecule has 0 saturated carbocycles. The third kappa shape index (κ3) is 2.06. The predicted octanol–water partition coefficient (Wildman–Crippen LogP) is 1.93. The maximum Gasteiger partial charge on any atom is 0.173 e. The van der Waals surface area contributed by atoms with E-state index in [-0.39, 0.29) is 12.2 Å². The standard InChI is InChI=1S/C10H17ClO3/c1-2-8-5-10(3-4-12-8)13-7-9(6-11)14-10/h8-9H,2-7H2,1H3. The molecule has 82 valence electrons. The van der Waals surface area contributed by atoms with Crippen molar-refractivity contribution in [1.82, 2.24) is 0 Å². The Labute approximate surface area is 89.7 Å². The molecule has 0 radical (unpaired) electrons. The lowest BCUT2D eigenvalue weighted by atomic mass is 10.0. The van der Waals surface area contributed by atoms with Gasteiger partial charge in [-0.3, -0.25) is 0 Å². The molecule has 2 fully saturated rings. The van der Waals surface area contributed by atoms with Crippen LogP contribution >= 0.6 is 11.6 Å².